The van der Waals surface area contributed by atoms with Crippen molar-refractivity contribution in [2.24, 2.45) is 0 Å². The summed E-state index contributed by atoms with van der Waals surface area (Å²) in [6.07, 6.45) is 8.28. The molecule has 6 nitrogen and oxygen atoms in total. The lowest BCUT2D eigenvalue weighted by molar-refractivity contribution is -0.121. The zero-order valence-electron chi connectivity index (χ0n) is 16.4. The highest BCUT2D eigenvalue weighted by Crippen LogP contribution is 2.33. The number of carbonyl (C=O) groups excluding carboxylic acids is 1. The number of hydrogen-bond donors (Lipinski definition) is 2. The number of amides is 1. The third-order valence-corrected chi connectivity index (χ3v) is 7.33. The van der Waals surface area contributed by atoms with Crippen LogP contribution in [0.2, 0.25) is 0 Å². The first-order valence-corrected chi connectivity index (χ1v) is 11.9. The maximum absolute atomic E-state index is 12.6. The maximum atomic E-state index is 12.6. The van der Waals surface area contributed by atoms with Gasteiger partial charge in [-0.2, -0.15) is 11.8 Å². The highest BCUT2D eigenvalue weighted by molar-refractivity contribution is 7.98. The van der Waals surface area contributed by atoms with E-state index in [-0.39, 0.29) is 17.5 Å². The Hall–Kier alpha value is -2.19. The van der Waals surface area contributed by atoms with Crippen LogP contribution >= 0.6 is 23.1 Å². The lowest BCUT2D eigenvalue weighted by Crippen LogP contribution is -2.26. The highest BCUT2D eigenvalue weighted by atomic mass is 32.2. The van der Waals surface area contributed by atoms with Gasteiger partial charge in [0.15, 0.2) is 0 Å². The summed E-state index contributed by atoms with van der Waals surface area (Å²) in [5.41, 5.74) is 2.23. The molecule has 0 aliphatic heterocycles. The first-order valence-electron chi connectivity index (χ1n) is 9.92. The number of thiophene rings is 1. The van der Waals surface area contributed by atoms with Crippen LogP contribution in [-0.4, -0.2) is 26.6 Å². The van der Waals surface area contributed by atoms with E-state index in [0.29, 0.717) is 23.8 Å². The molecule has 1 atom stereocenters. The van der Waals surface area contributed by atoms with Gasteiger partial charge < -0.3 is 10.3 Å². The van der Waals surface area contributed by atoms with Crippen LogP contribution in [0.5, 0.6) is 0 Å². The predicted octanol–water partition coefficient (Wildman–Crippen LogP) is 3.76. The van der Waals surface area contributed by atoms with Crippen LogP contribution in [0.1, 0.15) is 54.1 Å². The van der Waals surface area contributed by atoms with Crippen molar-refractivity contribution >= 4 is 39.2 Å². The van der Waals surface area contributed by atoms with Gasteiger partial charge in [-0.15, -0.1) is 11.3 Å². The van der Waals surface area contributed by atoms with Crippen molar-refractivity contribution in [2.45, 2.75) is 50.8 Å². The molecule has 1 aliphatic carbocycles. The van der Waals surface area contributed by atoms with Gasteiger partial charge in [-0.3, -0.25) is 14.6 Å². The van der Waals surface area contributed by atoms with E-state index >= 15 is 0 Å². The number of aryl methyl sites for hydroxylation is 2. The molecule has 152 valence electrons. The molecule has 0 aromatic carbocycles. The van der Waals surface area contributed by atoms with E-state index in [1.165, 1.54) is 16.9 Å². The minimum absolute atomic E-state index is 0.0182. The molecule has 0 radical (unpaired) electrons. The number of hydrogen-bond acceptors (Lipinski definition) is 6. The number of carbonyl (C=O) groups is 1. The van der Waals surface area contributed by atoms with Gasteiger partial charge in [0.2, 0.25) is 5.91 Å². The van der Waals surface area contributed by atoms with E-state index in [9.17, 15) is 9.59 Å². The summed E-state index contributed by atoms with van der Waals surface area (Å²) < 4.78 is 0. The van der Waals surface area contributed by atoms with Crippen molar-refractivity contribution < 1.29 is 4.79 Å². The molecule has 0 fully saturated rings. The van der Waals surface area contributed by atoms with Gasteiger partial charge in [-0.25, -0.2) is 4.98 Å². The van der Waals surface area contributed by atoms with Crippen molar-refractivity contribution in [3.05, 3.63) is 56.7 Å². The summed E-state index contributed by atoms with van der Waals surface area (Å²) in [6, 6.07) is 3.77. The number of fused-ring (bicyclic) bond motifs is 3. The molecule has 3 heterocycles. The zero-order chi connectivity index (χ0) is 20.2. The summed E-state index contributed by atoms with van der Waals surface area (Å²) >= 11 is 3.28. The second-order valence-corrected chi connectivity index (χ2v) is 9.46. The van der Waals surface area contributed by atoms with Gasteiger partial charge >= 0.3 is 0 Å². The molecule has 1 amide bonds. The van der Waals surface area contributed by atoms with Crippen LogP contribution in [-0.2, 0) is 23.4 Å². The number of rotatable bonds is 7. The van der Waals surface area contributed by atoms with Gasteiger partial charge in [0.1, 0.15) is 10.7 Å². The normalized spacial score (nSPS) is 14.5. The Morgan fingerprint density at radius 1 is 1.31 bits per heavy atom. The summed E-state index contributed by atoms with van der Waals surface area (Å²) in [5.74, 6) is 1.99. The Morgan fingerprint density at radius 3 is 2.93 bits per heavy atom. The van der Waals surface area contributed by atoms with Crippen LogP contribution in [0.25, 0.3) is 10.2 Å². The fourth-order valence-corrected chi connectivity index (χ4v) is 5.74. The first kappa shape index (κ1) is 20.1. The van der Waals surface area contributed by atoms with Crippen molar-refractivity contribution in [1.29, 1.82) is 0 Å². The van der Waals surface area contributed by atoms with Crippen LogP contribution in [0.4, 0.5) is 0 Å². The van der Waals surface area contributed by atoms with E-state index in [0.717, 1.165) is 35.0 Å². The van der Waals surface area contributed by atoms with Crippen molar-refractivity contribution in [1.82, 2.24) is 20.3 Å². The fraction of sp³-hybridized carbons (Fsp3) is 0.429. The van der Waals surface area contributed by atoms with E-state index in [2.05, 4.69) is 20.3 Å². The van der Waals surface area contributed by atoms with E-state index < -0.39 is 0 Å². The van der Waals surface area contributed by atoms with Crippen LogP contribution in [0.3, 0.4) is 0 Å². The molecule has 0 bridgehead atoms. The predicted molar refractivity (Wildman–Crippen MR) is 118 cm³/mol. The van der Waals surface area contributed by atoms with E-state index in [1.807, 2.05) is 19.1 Å². The monoisotopic (exact) mass is 428 g/mol. The van der Waals surface area contributed by atoms with Gasteiger partial charge in [-0.1, -0.05) is 0 Å². The number of aromatic amines is 1. The van der Waals surface area contributed by atoms with Gasteiger partial charge in [-0.05, 0) is 55.9 Å². The SMILES string of the molecule is CC(NC(=O)CCSCc1nc2sc3c(c2c(=O)[nH]1)CCCC3)c1ccncc1. The highest BCUT2D eigenvalue weighted by Gasteiger charge is 2.19. The fourth-order valence-electron chi connectivity index (χ4n) is 3.66. The van der Waals surface area contributed by atoms with E-state index in [1.54, 1.807) is 35.5 Å². The van der Waals surface area contributed by atoms with Crippen LogP contribution in [0, 0.1) is 0 Å². The van der Waals surface area contributed by atoms with Gasteiger partial charge in [0.05, 0.1) is 17.2 Å². The average Bonchev–Trinajstić information content (AvgIpc) is 3.10. The Labute approximate surface area is 177 Å². The quantitative estimate of drug-likeness (QED) is 0.560. The number of pyridine rings is 1. The molecular formula is C21H24N4O2S2. The minimum atomic E-state index is -0.0409. The Balaban J connectivity index is 1.30. The van der Waals surface area contributed by atoms with Crippen LogP contribution in [0.15, 0.2) is 29.3 Å². The first-order chi connectivity index (χ1) is 14.1. The van der Waals surface area contributed by atoms with Crippen molar-refractivity contribution in [3.63, 3.8) is 0 Å². The molecule has 2 N–H and O–H groups in total. The summed E-state index contributed by atoms with van der Waals surface area (Å²) in [4.78, 5) is 38.5. The third-order valence-electron chi connectivity index (χ3n) is 5.17. The molecule has 0 saturated heterocycles. The molecule has 29 heavy (non-hydrogen) atoms. The Bertz CT molecular complexity index is 1060. The molecule has 0 spiro atoms. The largest absolute Gasteiger partial charge is 0.350 e. The molecule has 4 rings (SSSR count). The molecule has 3 aromatic rings. The Kier molecular flexibility index (Phi) is 6.30. The lowest BCUT2D eigenvalue weighted by atomic mass is 9.97. The molecule has 1 unspecified atom stereocenters. The van der Waals surface area contributed by atoms with Gasteiger partial charge in [0.25, 0.3) is 5.56 Å². The van der Waals surface area contributed by atoms with Crippen molar-refractivity contribution in [3.8, 4) is 0 Å². The maximum Gasteiger partial charge on any atom is 0.259 e. The number of H-pyrrole nitrogens is 1. The zero-order valence-corrected chi connectivity index (χ0v) is 18.0. The molecule has 1 aliphatic rings. The molecular weight excluding hydrogens is 404 g/mol. The van der Waals surface area contributed by atoms with E-state index in [4.69, 9.17) is 0 Å². The number of nitrogens with zero attached hydrogens (tertiary/aromatic N) is 2. The second kappa shape index (κ2) is 9.09. The summed E-state index contributed by atoms with van der Waals surface area (Å²) in [6.45, 7) is 1.96. The standard InChI is InChI=1S/C21H24N4O2S2/c1-13(14-6-9-22-10-7-14)23-18(26)8-11-28-12-17-24-20(27)19-15-4-2-3-5-16(15)29-21(19)25-17/h6-7,9-10,13H,2-5,8,11-12H2,1H3,(H,23,26)(H,24,25,27). The second-order valence-electron chi connectivity index (χ2n) is 7.28. The molecule has 0 saturated carbocycles. The summed E-state index contributed by atoms with van der Waals surface area (Å²) in [5, 5.41) is 3.80. The topological polar surface area (TPSA) is 87.7 Å². The third kappa shape index (κ3) is 4.70. The van der Waals surface area contributed by atoms with Gasteiger partial charge in [0, 0.05) is 29.4 Å². The molecule has 3 aromatic heterocycles. The Morgan fingerprint density at radius 2 is 2.10 bits per heavy atom. The number of aromatic nitrogens is 3. The average molecular weight is 429 g/mol. The lowest BCUT2D eigenvalue weighted by Gasteiger charge is -2.13. The number of nitrogens with one attached hydrogen (secondary N) is 2. The summed E-state index contributed by atoms with van der Waals surface area (Å²) in [7, 11) is 0. The molecule has 8 heteroatoms. The minimum Gasteiger partial charge on any atom is -0.350 e. The number of thioether (sulfide) groups is 1. The van der Waals surface area contributed by atoms with Crippen molar-refractivity contribution in [2.75, 3.05) is 5.75 Å². The smallest absolute Gasteiger partial charge is 0.259 e. The van der Waals surface area contributed by atoms with Crippen LogP contribution < -0.4 is 10.9 Å².